The minimum Gasteiger partial charge on any atom is -0.368 e. The number of amides is 1. The Morgan fingerprint density at radius 3 is 2.45 bits per heavy atom. The van der Waals surface area contributed by atoms with E-state index in [-0.39, 0.29) is 0 Å². The molecule has 0 radical (unpaired) electrons. The standard InChI is InChI=1S/C25H19N3OS2/c1-16-9-11-17(12-10-16)19-14-21(22-8-5-13-30-22)28-25(20(19)15-26)31-23(24(27)29)18-6-3-2-4-7-18/h2-14,23H,1H3,(H2,27,29). The average molecular weight is 442 g/mol. The van der Waals surface area contributed by atoms with E-state index in [2.05, 4.69) is 6.07 Å². The molecular weight excluding hydrogens is 422 g/mol. The first kappa shape index (κ1) is 20.9. The number of thiophene rings is 1. The fourth-order valence-electron chi connectivity index (χ4n) is 3.26. The zero-order valence-corrected chi connectivity index (χ0v) is 18.4. The Kier molecular flexibility index (Phi) is 6.17. The lowest BCUT2D eigenvalue weighted by Gasteiger charge is -2.16. The van der Waals surface area contributed by atoms with E-state index >= 15 is 0 Å². The number of hydrogen-bond donors (Lipinski definition) is 1. The lowest BCUT2D eigenvalue weighted by Crippen LogP contribution is -2.19. The molecule has 0 bridgehead atoms. The summed E-state index contributed by atoms with van der Waals surface area (Å²) >= 11 is 2.80. The summed E-state index contributed by atoms with van der Waals surface area (Å²) in [6, 6.07) is 25.6. The third kappa shape index (κ3) is 4.53. The monoisotopic (exact) mass is 441 g/mol. The van der Waals surface area contributed by atoms with Crippen molar-refractivity contribution in [2.24, 2.45) is 5.73 Å². The fraction of sp³-hybridized carbons (Fsp3) is 0.0800. The number of nitrogens with two attached hydrogens (primary N) is 1. The molecule has 0 fully saturated rings. The predicted molar refractivity (Wildman–Crippen MR) is 127 cm³/mol. The van der Waals surface area contributed by atoms with Gasteiger partial charge >= 0.3 is 0 Å². The second-order valence-corrected chi connectivity index (χ2v) is 9.04. The lowest BCUT2D eigenvalue weighted by atomic mass is 10.00. The summed E-state index contributed by atoms with van der Waals surface area (Å²) in [4.78, 5) is 18.1. The Morgan fingerprint density at radius 1 is 1.10 bits per heavy atom. The number of hydrogen-bond acceptors (Lipinski definition) is 5. The fourth-order valence-corrected chi connectivity index (χ4v) is 5.00. The van der Waals surface area contributed by atoms with E-state index in [1.54, 1.807) is 11.3 Å². The zero-order chi connectivity index (χ0) is 21.8. The summed E-state index contributed by atoms with van der Waals surface area (Å²) in [6.07, 6.45) is 0. The summed E-state index contributed by atoms with van der Waals surface area (Å²) in [5.74, 6) is -0.472. The van der Waals surface area contributed by atoms with Crippen LogP contribution in [-0.2, 0) is 4.79 Å². The van der Waals surface area contributed by atoms with E-state index in [0.29, 0.717) is 10.6 Å². The van der Waals surface area contributed by atoms with Crippen molar-refractivity contribution in [3.63, 3.8) is 0 Å². The van der Waals surface area contributed by atoms with E-state index in [1.807, 2.05) is 85.1 Å². The van der Waals surface area contributed by atoms with E-state index in [4.69, 9.17) is 10.7 Å². The Balaban J connectivity index is 1.89. The zero-order valence-electron chi connectivity index (χ0n) is 16.8. The van der Waals surface area contributed by atoms with E-state index in [9.17, 15) is 10.1 Å². The van der Waals surface area contributed by atoms with Crippen molar-refractivity contribution in [1.82, 2.24) is 4.98 Å². The molecule has 152 valence electrons. The number of carbonyl (C=O) groups excluding carboxylic acids is 1. The number of benzene rings is 2. The second kappa shape index (κ2) is 9.17. The smallest absolute Gasteiger partial charge is 0.235 e. The molecule has 31 heavy (non-hydrogen) atoms. The number of nitriles is 1. The molecule has 6 heteroatoms. The summed E-state index contributed by atoms with van der Waals surface area (Å²) in [7, 11) is 0. The molecule has 0 aliphatic heterocycles. The average Bonchev–Trinajstić information content (AvgIpc) is 3.33. The van der Waals surface area contributed by atoms with Crippen LogP contribution in [0.2, 0.25) is 0 Å². The molecule has 0 spiro atoms. The maximum Gasteiger partial charge on any atom is 0.235 e. The van der Waals surface area contributed by atoms with Gasteiger partial charge in [-0.2, -0.15) is 5.26 Å². The van der Waals surface area contributed by atoms with Gasteiger partial charge in [0.25, 0.3) is 0 Å². The summed E-state index contributed by atoms with van der Waals surface area (Å²) in [5.41, 5.74) is 10.6. The van der Waals surface area contributed by atoms with Gasteiger partial charge in [-0.05, 0) is 35.6 Å². The van der Waals surface area contributed by atoms with Gasteiger partial charge < -0.3 is 5.73 Å². The number of aryl methyl sites for hydroxylation is 1. The van der Waals surface area contributed by atoms with Gasteiger partial charge in [0.15, 0.2) is 0 Å². The minimum atomic E-state index is -0.648. The molecular formula is C25H19N3OS2. The van der Waals surface area contributed by atoms with Crippen molar-refractivity contribution < 1.29 is 4.79 Å². The third-order valence-electron chi connectivity index (χ3n) is 4.82. The number of primary amides is 1. The van der Waals surface area contributed by atoms with Gasteiger partial charge in [-0.25, -0.2) is 4.98 Å². The van der Waals surface area contributed by atoms with Crippen molar-refractivity contribution in [3.8, 4) is 27.8 Å². The SMILES string of the molecule is Cc1ccc(-c2cc(-c3cccs3)nc(SC(C(N)=O)c3ccccc3)c2C#N)cc1. The highest BCUT2D eigenvalue weighted by atomic mass is 32.2. The maximum absolute atomic E-state index is 12.3. The van der Waals surface area contributed by atoms with Gasteiger partial charge in [0.1, 0.15) is 16.3 Å². The number of aromatic nitrogens is 1. The Morgan fingerprint density at radius 2 is 1.84 bits per heavy atom. The molecule has 2 N–H and O–H groups in total. The van der Waals surface area contributed by atoms with Crippen LogP contribution in [0.5, 0.6) is 0 Å². The quantitative estimate of drug-likeness (QED) is 0.374. The van der Waals surface area contributed by atoms with Gasteiger partial charge in [-0.15, -0.1) is 11.3 Å². The van der Waals surface area contributed by atoms with Crippen LogP contribution in [0.25, 0.3) is 21.7 Å². The molecule has 0 saturated heterocycles. The van der Waals surface area contributed by atoms with Crippen molar-refractivity contribution in [1.29, 1.82) is 5.26 Å². The lowest BCUT2D eigenvalue weighted by molar-refractivity contribution is -0.117. The molecule has 1 unspecified atom stereocenters. The van der Waals surface area contributed by atoms with Crippen LogP contribution in [-0.4, -0.2) is 10.9 Å². The number of rotatable bonds is 6. The van der Waals surface area contributed by atoms with Gasteiger partial charge in [0, 0.05) is 5.56 Å². The van der Waals surface area contributed by atoms with E-state index in [0.717, 1.165) is 32.8 Å². The van der Waals surface area contributed by atoms with Crippen molar-refractivity contribution >= 4 is 29.0 Å². The molecule has 2 heterocycles. The number of thioether (sulfide) groups is 1. The molecule has 4 nitrogen and oxygen atoms in total. The van der Waals surface area contributed by atoms with Crippen molar-refractivity contribution in [2.75, 3.05) is 0 Å². The first-order chi connectivity index (χ1) is 15.1. The van der Waals surface area contributed by atoms with Crippen molar-refractivity contribution in [2.45, 2.75) is 17.2 Å². The van der Waals surface area contributed by atoms with Gasteiger partial charge in [-0.1, -0.05) is 78.0 Å². The normalized spacial score (nSPS) is 11.6. The Labute approximate surface area is 189 Å². The van der Waals surface area contributed by atoms with Crippen LogP contribution in [0.15, 0.2) is 83.2 Å². The molecule has 1 atom stereocenters. The molecule has 2 aromatic heterocycles. The van der Waals surface area contributed by atoms with Crippen LogP contribution in [0.1, 0.15) is 21.9 Å². The topological polar surface area (TPSA) is 79.8 Å². The van der Waals surface area contributed by atoms with Gasteiger partial charge in [0.2, 0.25) is 5.91 Å². The predicted octanol–water partition coefficient (Wildman–Crippen LogP) is 5.98. The molecule has 4 rings (SSSR count). The van der Waals surface area contributed by atoms with Gasteiger partial charge in [-0.3, -0.25) is 4.79 Å². The molecule has 0 saturated carbocycles. The Hall–Kier alpha value is -3.40. The van der Waals surface area contributed by atoms with E-state index in [1.165, 1.54) is 11.8 Å². The maximum atomic E-state index is 12.3. The first-order valence-electron chi connectivity index (χ1n) is 9.64. The molecule has 1 amide bonds. The van der Waals surface area contributed by atoms with Crippen LogP contribution in [0.4, 0.5) is 0 Å². The highest BCUT2D eigenvalue weighted by Crippen LogP contribution is 2.41. The molecule has 0 aliphatic rings. The van der Waals surface area contributed by atoms with Crippen LogP contribution in [0.3, 0.4) is 0 Å². The highest BCUT2D eigenvalue weighted by Gasteiger charge is 2.24. The number of carbonyl (C=O) groups is 1. The molecule has 2 aromatic carbocycles. The number of nitrogens with zero attached hydrogens (tertiary/aromatic N) is 2. The van der Waals surface area contributed by atoms with Gasteiger partial charge in [0.05, 0.1) is 16.1 Å². The third-order valence-corrected chi connectivity index (χ3v) is 6.98. The minimum absolute atomic E-state index is 0.441. The van der Waals surface area contributed by atoms with Crippen LogP contribution < -0.4 is 5.73 Å². The largest absolute Gasteiger partial charge is 0.368 e. The second-order valence-electron chi connectivity index (χ2n) is 7.00. The molecule has 0 aliphatic carbocycles. The molecule has 4 aromatic rings. The van der Waals surface area contributed by atoms with Crippen LogP contribution in [0, 0.1) is 18.3 Å². The summed E-state index contributed by atoms with van der Waals surface area (Å²) < 4.78 is 0. The highest BCUT2D eigenvalue weighted by molar-refractivity contribution is 8.00. The Bertz CT molecular complexity index is 1240. The van der Waals surface area contributed by atoms with Crippen LogP contribution >= 0.6 is 23.1 Å². The van der Waals surface area contributed by atoms with Crippen molar-refractivity contribution in [3.05, 3.63) is 94.9 Å². The number of pyridine rings is 1. The summed E-state index contributed by atoms with van der Waals surface area (Å²) in [5, 5.41) is 11.9. The summed E-state index contributed by atoms with van der Waals surface area (Å²) in [6.45, 7) is 2.03. The van der Waals surface area contributed by atoms with E-state index < -0.39 is 11.2 Å². The first-order valence-corrected chi connectivity index (χ1v) is 11.4.